The van der Waals surface area contributed by atoms with Crippen molar-refractivity contribution in [2.24, 2.45) is 5.92 Å². The number of hydrogen-bond donors (Lipinski definition) is 1. The topological polar surface area (TPSA) is 46.5 Å². The van der Waals surface area contributed by atoms with Crippen LogP contribution in [0.1, 0.15) is 17.9 Å². The molecule has 1 aliphatic carbocycles. The number of halogens is 3. The molecule has 18 heavy (non-hydrogen) atoms. The third kappa shape index (κ3) is 3.15. The van der Waals surface area contributed by atoms with Crippen molar-refractivity contribution in [2.45, 2.75) is 18.5 Å². The van der Waals surface area contributed by atoms with E-state index in [1.165, 1.54) is 12.1 Å². The molecule has 0 radical (unpaired) electrons. The van der Waals surface area contributed by atoms with E-state index in [0.717, 1.165) is 5.56 Å². The lowest BCUT2D eigenvalue weighted by Gasteiger charge is -2.09. The average molecular weight is 260 g/mol. The Hall–Kier alpha value is -1.72. The highest BCUT2D eigenvalue weighted by molar-refractivity contribution is 5.75. The van der Waals surface area contributed by atoms with Crippen LogP contribution in [0.3, 0.4) is 0 Å². The molecule has 2 unspecified atom stereocenters. The van der Waals surface area contributed by atoms with Gasteiger partial charge in [0.15, 0.2) is 6.61 Å². The van der Waals surface area contributed by atoms with Gasteiger partial charge in [0.05, 0.1) is 5.92 Å². The van der Waals surface area contributed by atoms with E-state index in [2.05, 4.69) is 4.74 Å². The standard InChI is InChI=1S/C12H11F3O3/c13-12(14,15)6-18-8-3-1-7(2-4-8)9-5-10(9)11(16)17/h1-4,9-10H,5-6H2,(H,16,17). The molecule has 1 N–H and O–H groups in total. The van der Waals surface area contributed by atoms with Crippen molar-refractivity contribution in [1.29, 1.82) is 0 Å². The van der Waals surface area contributed by atoms with Crippen molar-refractivity contribution in [3.05, 3.63) is 29.8 Å². The number of benzene rings is 1. The molecule has 1 aromatic rings. The Kier molecular flexibility index (Phi) is 3.19. The fourth-order valence-corrected chi connectivity index (χ4v) is 1.81. The summed E-state index contributed by atoms with van der Waals surface area (Å²) in [6.45, 7) is -1.33. The fraction of sp³-hybridized carbons (Fsp3) is 0.417. The molecule has 2 atom stereocenters. The van der Waals surface area contributed by atoms with Crippen molar-refractivity contribution in [1.82, 2.24) is 0 Å². The van der Waals surface area contributed by atoms with Crippen LogP contribution in [0.25, 0.3) is 0 Å². The van der Waals surface area contributed by atoms with E-state index < -0.39 is 18.8 Å². The molecule has 6 heteroatoms. The summed E-state index contributed by atoms with van der Waals surface area (Å²) in [5.74, 6) is -1.10. The van der Waals surface area contributed by atoms with Gasteiger partial charge in [-0.3, -0.25) is 4.79 Å². The zero-order valence-electron chi connectivity index (χ0n) is 9.28. The van der Waals surface area contributed by atoms with Crippen molar-refractivity contribution in [3.63, 3.8) is 0 Å². The van der Waals surface area contributed by atoms with Crippen LogP contribution in [0, 0.1) is 5.92 Å². The zero-order valence-corrected chi connectivity index (χ0v) is 9.28. The van der Waals surface area contributed by atoms with Crippen LogP contribution in [0.5, 0.6) is 5.75 Å². The van der Waals surface area contributed by atoms with Crippen molar-refractivity contribution in [3.8, 4) is 5.75 Å². The number of carboxylic acids is 1. The molecule has 1 fully saturated rings. The maximum atomic E-state index is 11.9. The van der Waals surface area contributed by atoms with E-state index >= 15 is 0 Å². The Morgan fingerprint density at radius 1 is 1.33 bits per heavy atom. The second-order valence-corrected chi connectivity index (χ2v) is 4.26. The zero-order chi connectivity index (χ0) is 13.3. The summed E-state index contributed by atoms with van der Waals surface area (Å²) in [5, 5.41) is 8.76. The summed E-state index contributed by atoms with van der Waals surface area (Å²) in [4.78, 5) is 10.7. The molecular formula is C12H11F3O3. The minimum atomic E-state index is -4.36. The van der Waals surface area contributed by atoms with Crippen LogP contribution in [0.4, 0.5) is 13.2 Å². The van der Waals surface area contributed by atoms with E-state index in [-0.39, 0.29) is 17.6 Å². The van der Waals surface area contributed by atoms with Crippen molar-refractivity contribution in [2.75, 3.05) is 6.61 Å². The lowest BCUT2D eigenvalue weighted by Crippen LogP contribution is -2.19. The van der Waals surface area contributed by atoms with E-state index in [0.29, 0.717) is 6.42 Å². The number of carbonyl (C=O) groups is 1. The van der Waals surface area contributed by atoms with Crippen molar-refractivity contribution < 1.29 is 27.8 Å². The molecule has 1 aliphatic rings. The van der Waals surface area contributed by atoms with Gasteiger partial charge in [-0.2, -0.15) is 13.2 Å². The van der Waals surface area contributed by atoms with Gasteiger partial charge in [-0.15, -0.1) is 0 Å². The Bertz CT molecular complexity index is 439. The summed E-state index contributed by atoms with van der Waals surface area (Å²) in [5.41, 5.74) is 0.821. The third-order valence-electron chi connectivity index (χ3n) is 2.82. The summed E-state index contributed by atoms with van der Waals surface area (Å²) in [6, 6.07) is 6.08. The first-order chi connectivity index (χ1) is 8.37. The van der Waals surface area contributed by atoms with Gasteiger partial charge in [0, 0.05) is 0 Å². The SMILES string of the molecule is O=C(O)C1CC1c1ccc(OCC(F)(F)F)cc1. The second kappa shape index (κ2) is 4.51. The summed E-state index contributed by atoms with van der Waals surface area (Å²) in [6.07, 6.45) is -3.78. The molecule has 0 aliphatic heterocycles. The third-order valence-corrected chi connectivity index (χ3v) is 2.82. The minimum absolute atomic E-state index is 0.0285. The number of hydrogen-bond acceptors (Lipinski definition) is 2. The monoisotopic (exact) mass is 260 g/mol. The predicted octanol–water partition coefficient (Wildman–Crippen LogP) is 2.82. The van der Waals surface area contributed by atoms with Crippen LogP contribution < -0.4 is 4.74 Å². The average Bonchev–Trinajstić information content (AvgIpc) is 3.06. The van der Waals surface area contributed by atoms with Crippen LogP contribution in [-0.4, -0.2) is 23.9 Å². The molecule has 0 spiro atoms. The maximum Gasteiger partial charge on any atom is 0.422 e. The molecule has 3 nitrogen and oxygen atoms in total. The Morgan fingerprint density at radius 3 is 2.39 bits per heavy atom. The van der Waals surface area contributed by atoms with Gasteiger partial charge >= 0.3 is 12.1 Å². The van der Waals surface area contributed by atoms with Gasteiger partial charge < -0.3 is 9.84 Å². The molecule has 1 aromatic carbocycles. The second-order valence-electron chi connectivity index (χ2n) is 4.26. The van der Waals surface area contributed by atoms with Crippen LogP contribution in [-0.2, 0) is 4.79 Å². The molecule has 0 saturated heterocycles. The van der Waals surface area contributed by atoms with E-state index in [1.54, 1.807) is 12.1 Å². The molecule has 0 bridgehead atoms. The predicted molar refractivity (Wildman–Crippen MR) is 56.5 cm³/mol. The molecule has 2 rings (SSSR count). The summed E-state index contributed by atoms with van der Waals surface area (Å²) in [7, 11) is 0. The number of ether oxygens (including phenoxy) is 1. The van der Waals surface area contributed by atoms with Crippen LogP contribution >= 0.6 is 0 Å². The quantitative estimate of drug-likeness (QED) is 0.905. The lowest BCUT2D eigenvalue weighted by molar-refractivity contribution is -0.153. The van der Waals surface area contributed by atoms with E-state index in [4.69, 9.17) is 5.11 Å². The van der Waals surface area contributed by atoms with Gasteiger partial charge in [-0.05, 0) is 30.0 Å². The van der Waals surface area contributed by atoms with E-state index in [1.807, 2.05) is 0 Å². The van der Waals surface area contributed by atoms with Gasteiger partial charge in [-0.1, -0.05) is 12.1 Å². The van der Waals surface area contributed by atoms with Crippen LogP contribution in [0.2, 0.25) is 0 Å². The van der Waals surface area contributed by atoms with E-state index in [9.17, 15) is 18.0 Å². The largest absolute Gasteiger partial charge is 0.484 e. The first-order valence-corrected chi connectivity index (χ1v) is 5.39. The number of carboxylic acid groups (broad SMARTS) is 1. The minimum Gasteiger partial charge on any atom is -0.484 e. The summed E-state index contributed by atoms with van der Waals surface area (Å²) < 4.78 is 40.3. The van der Waals surface area contributed by atoms with Gasteiger partial charge in [-0.25, -0.2) is 0 Å². The van der Waals surface area contributed by atoms with Crippen molar-refractivity contribution >= 4 is 5.97 Å². The highest BCUT2D eigenvalue weighted by Crippen LogP contribution is 2.47. The lowest BCUT2D eigenvalue weighted by atomic mass is 10.1. The first-order valence-electron chi connectivity index (χ1n) is 5.39. The number of aliphatic carboxylic acids is 1. The molecule has 1 saturated carbocycles. The Labute approximate surface area is 101 Å². The fourth-order valence-electron chi connectivity index (χ4n) is 1.81. The number of rotatable bonds is 4. The van der Waals surface area contributed by atoms with Crippen LogP contribution in [0.15, 0.2) is 24.3 Å². The van der Waals surface area contributed by atoms with Gasteiger partial charge in [0.25, 0.3) is 0 Å². The molecular weight excluding hydrogens is 249 g/mol. The Morgan fingerprint density at radius 2 is 1.94 bits per heavy atom. The smallest absolute Gasteiger partial charge is 0.422 e. The maximum absolute atomic E-state index is 11.9. The number of alkyl halides is 3. The molecule has 98 valence electrons. The highest BCUT2D eigenvalue weighted by Gasteiger charge is 2.44. The molecule has 0 heterocycles. The first kappa shape index (κ1) is 12.7. The highest BCUT2D eigenvalue weighted by atomic mass is 19.4. The van der Waals surface area contributed by atoms with Gasteiger partial charge in [0.2, 0.25) is 0 Å². The molecule has 0 aromatic heterocycles. The molecule has 0 amide bonds. The Balaban J connectivity index is 1.93. The normalized spacial score (nSPS) is 22.6. The summed E-state index contributed by atoms with van der Waals surface area (Å²) >= 11 is 0. The van der Waals surface area contributed by atoms with Gasteiger partial charge in [0.1, 0.15) is 5.75 Å².